The molecule has 0 spiro atoms. The Morgan fingerprint density at radius 1 is 1.39 bits per heavy atom. The van der Waals surface area contributed by atoms with Crippen LogP contribution in [0, 0.1) is 11.3 Å². The van der Waals surface area contributed by atoms with Crippen LogP contribution >= 0.6 is 0 Å². The molecule has 1 aliphatic carbocycles. The fourth-order valence-electron chi connectivity index (χ4n) is 4.34. The van der Waals surface area contributed by atoms with Crippen molar-refractivity contribution in [2.45, 2.75) is 32.2 Å². The van der Waals surface area contributed by atoms with Gasteiger partial charge >= 0.3 is 0 Å². The molecule has 4 rings (SSSR count). The molecular formula is C18H24N4O. The van der Waals surface area contributed by atoms with Crippen LogP contribution in [0.25, 0.3) is 11.0 Å². The third kappa shape index (κ3) is 2.53. The molecular weight excluding hydrogens is 288 g/mol. The van der Waals surface area contributed by atoms with Crippen LogP contribution in [0.4, 0.5) is 0 Å². The van der Waals surface area contributed by atoms with Crippen molar-refractivity contribution in [3.8, 4) is 0 Å². The third-order valence-corrected chi connectivity index (χ3v) is 5.66. The number of aromatic nitrogens is 2. The van der Waals surface area contributed by atoms with Gasteiger partial charge in [-0.2, -0.15) is 0 Å². The van der Waals surface area contributed by atoms with Crippen molar-refractivity contribution in [1.29, 1.82) is 0 Å². The number of carbonyl (C=O) groups is 1. The predicted octanol–water partition coefficient (Wildman–Crippen LogP) is 1.93. The minimum atomic E-state index is -0.157. The average Bonchev–Trinajstić information content (AvgIpc) is 3.20. The maximum Gasteiger partial charge on any atom is 0.227 e. The maximum atomic E-state index is 12.8. The van der Waals surface area contributed by atoms with E-state index in [-0.39, 0.29) is 11.3 Å². The second-order valence-corrected chi connectivity index (χ2v) is 6.91. The van der Waals surface area contributed by atoms with E-state index in [0.717, 1.165) is 37.1 Å². The van der Waals surface area contributed by atoms with Crippen molar-refractivity contribution in [2.75, 3.05) is 19.6 Å². The molecule has 1 amide bonds. The Morgan fingerprint density at radius 3 is 3.26 bits per heavy atom. The van der Waals surface area contributed by atoms with Gasteiger partial charge < -0.3 is 15.2 Å². The molecule has 0 radical (unpaired) electrons. The van der Waals surface area contributed by atoms with Gasteiger partial charge in [-0.05, 0) is 37.4 Å². The molecule has 2 aromatic rings. The zero-order valence-corrected chi connectivity index (χ0v) is 13.4. The number of amides is 1. The van der Waals surface area contributed by atoms with Crippen molar-refractivity contribution in [3.63, 3.8) is 0 Å². The summed E-state index contributed by atoms with van der Waals surface area (Å²) < 4.78 is 2.11. The molecule has 5 heteroatoms. The smallest absolute Gasteiger partial charge is 0.227 e. The molecule has 1 aromatic heterocycles. The average molecular weight is 312 g/mol. The number of nitrogens with one attached hydrogen (secondary N) is 2. The van der Waals surface area contributed by atoms with Crippen LogP contribution in [0.2, 0.25) is 0 Å². The van der Waals surface area contributed by atoms with Gasteiger partial charge in [0.15, 0.2) is 0 Å². The van der Waals surface area contributed by atoms with Crippen LogP contribution in [-0.4, -0.2) is 35.1 Å². The zero-order valence-electron chi connectivity index (χ0n) is 13.4. The van der Waals surface area contributed by atoms with E-state index in [1.54, 1.807) is 0 Å². The van der Waals surface area contributed by atoms with E-state index >= 15 is 0 Å². The number of benzene rings is 1. The van der Waals surface area contributed by atoms with E-state index in [0.29, 0.717) is 12.5 Å². The van der Waals surface area contributed by atoms with Crippen LogP contribution in [0.5, 0.6) is 0 Å². The highest BCUT2D eigenvalue weighted by molar-refractivity contribution is 5.84. The first-order chi connectivity index (χ1) is 11.3. The van der Waals surface area contributed by atoms with Crippen LogP contribution in [-0.2, 0) is 11.3 Å². The summed E-state index contributed by atoms with van der Waals surface area (Å²) in [6, 6.07) is 8.10. The van der Waals surface area contributed by atoms with E-state index < -0.39 is 0 Å². The first kappa shape index (κ1) is 14.7. The molecule has 2 fully saturated rings. The summed E-state index contributed by atoms with van der Waals surface area (Å²) >= 11 is 0. The summed E-state index contributed by atoms with van der Waals surface area (Å²) in [5.41, 5.74) is 1.97. The van der Waals surface area contributed by atoms with Crippen molar-refractivity contribution in [2.24, 2.45) is 11.3 Å². The van der Waals surface area contributed by atoms with Crippen LogP contribution in [0.3, 0.4) is 0 Å². The molecule has 0 bridgehead atoms. The second-order valence-electron chi connectivity index (χ2n) is 6.91. The van der Waals surface area contributed by atoms with Gasteiger partial charge in [-0.3, -0.25) is 4.79 Å². The number of imidazole rings is 1. The molecule has 2 atom stereocenters. The van der Waals surface area contributed by atoms with Gasteiger partial charge in [-0.1, -0.05) is 25.0 Å². The lowest BCUT2D eigenvalue weighted by atomic mass is 9.67. The zero-order chi connectivity index (χ0) is 15.7. The highest BCUT2D eigenvalue weighted by Gasteiger charge is 2.49. The van der Waals surface area contributed by atoms with Gasteiger partial charge in [-0.25, -0.2) is 4.98 Å². The fraction of sp³-hybridized carbons (Fsp3) is 0.556. The lowest BCUT2D eigenvalue weighted by Gasteiger charge is -2.37. The topological polar surface area (TPSA) is 59.0 Å². The number of fused-ring (bicyclic) bond motifs is 2. The highest BCUT2D eigenvalue weighted by atomic mass is 16.2. The molecule has 23 heavy (non-hydrogen) atoms. The summed E-state index contributed by atoms with van der Waals surface area (Å²) in [6.45, 7) is 3.27. The molecule has 5 nitrogen and oxygen atoms in total. The van der Waals surface area contributed by atoms with Gasteiger partial charge in [0.1, 0.15) is 0 Å². The number of hydrogen-bond donors (Lipinski definition) is 2. The lowest BCUT2D eigenvalue weighted by Crippen LogP contribution is -2.48. The molecule has 122 valence electrons. The molecule has 1 aliphatic heterocycles. The van der Waals surface area contributed by atoms with Gasteiger partial charge in [0.05, 0.1) is 22.8 Å². The predicted molar refractivity (Wildman–Crippen MR) is 90.0 cm³/mol. The summed E-state index contributed by atoms with van der Waals surface area (Å²) in [4.78, 5) is 17.2. The Labute approximate surface area is 136 Å². The number of carbonyl (C=O) groups excluding carboxylic acids is 1. The van der Waals surface area contributed by atoms with Crippen molar-refractivity contribution >= 4 is 16.9 Å². The van der Waals surface area contributed by atoms with Gasteiger partial charge in [0.25, 0.3) is 0 Å². The Hall–Kier alpha value is -1.88. The molecule has 1 saturated heterocycles. The molecule has 0 unspecified atom stereocenters. The number of para-hydroxylation sites is 2. The normalized spacial score (nSPS) is 27.0. The summed E-state index contributed by atoms with van der Waals surface area (Å²) in [7, 11) is 0. The number of hydrogen-bond acceptors (Lipinski definition) is 3. The third-order valence-electron chi connectivity index (χ3n) is 5.66. The molecule has 1 aromatic carbocycles. The summed E-state index contributed by atoms with van der Waals surface area (Å²) in [6.07, 6.45) is 6.52. The molecule has 1 saturated carbocycles. The van der Waals surface area contributed by atoms with E-state index in [1.165, 1.54) is 19.3 Å². The molecule has 2 N–H and O–H groups in total. The monoisotopic (exact) mass is 312 g/mol. The fourth-order valence-corrected chi connectivity index (χ4v) is 4.34. The minimum absolute atomic E-state index is 0.157. The van der Waals surface area contributed by atoms with Gasteiger partial charge in [0, 0.05) is 19.6 Å². The Balaban J connectivity index is 1.40. The summed E-state index contributed by atoms with van der Waals surface area (Å²) in [5, 5.41) is 6.63. The van der Waals surface area contributed by atoms with Crippen molar-refractivity contribution < 1.29 is 4.79 Å². The summed E-state index contributed by atoms with van der Waals surface area (Å²) in [5.74, 6) is 0.766. The highest BCUT2D eigenvalue weighted by Crippen LogP contribution is 2.43. The lowest BCUT2D eigenvalue weighted by molar-refractivity contribution is -0.134. The quantitative estimate of drug-likeness (QED) is 0.907. The number of rotatable bonds is 4. The standard InChI is InChI=1S/C18H24N4O/c23-17(18-8-4-3-5-14(18)11-19-12-18)20-9-10-22-13-21-15-6-1-2-7-16(15)22/h1-2,6-7,13-14,19H,3-5,8-12H2,(H,20,23)/t14-,18+/m0/s1. The van der Waals surface area contributed by atoms with E-state index in [1.807, 2.05) is 24.5 Å². The van der Waals surface area contributed by atoms with Crippen LogP contribution in [0.1, 0.15) is 25.7 Å². The van der Waals surface area contributed by atoms with Crippen molar-refractivity contribution in [1.82, 2.24) is 20.2 Å². The first-order valence-corrected chi connectivity index (χ1v) is 8.68. The Bertz CT molecular complexity index is 710. The number of nitrogens with zero attached hydrogens (tertiary/aromatic N) is 2. The van der Waals surface area contributed by atoms with Crippen molar-refractivity contribution in [3.05, 3.63) is 30.6 Å². The minimum Gasteiger partial charge on any atom is -0.354 e. The first-order valence-electron chi connectivity index (χ1n) is 8.68. The van der Waals surface area contributed by atoms with Crippen LogP contribution < -0.4 is 10.6 Å². The Morgan fingerprint density at radius 2 is 2.30 bits per heavy atom. The molecule has 2 aliphatic rings. The van der Waals surface area contributed by atoms with Gasteiger partial charge in [0.2, 0.25) is 5.91 Å². The van der Waals surface area contributed by atoms with E-state index in [2.05, 4.69) is 26.3 Å². The SMILES string of the molecule is O=C(NCCn1cnc2ccccc21)[C@@]12CCCC[C@H]1CNC2. The maximum absolute atomic E-state index is 12.8. The van der Waals surface area contributed by atoms with Gasteiger partial charge in [-0.15, -0.1) is 0 Å². The largest absolute Gasteiger partial charge is 0.354 e. The molecule has 2 heterocycles. The van der Waals surface area contributed by atoms with Crippen LogP contribution in [0.15, 0.2) is 30.6 Å². The Kier molecular flexibility index (Phi) is 3.81. The van der Waals surface area contributed by atoms with E-state index in [4.69, 9.17) is 0 Å². The second kappa shape index (κ2) is 5.96. The van der Waals surface area contributed by atoms with E-state index in [9.17, 15) is 4.79 Å².